The predicted octanol–water partition coefficient (Wildman–Crippen LogP) is 2.59. The molecule has 0 spiro atoms. The molecule has 5 nitrogen and oxygen atoms in total. The first kappa shape index (κ1) is 14.6. The van der Waals surface area contributed by atoms with Gasteiger partial charge in [-0.15, -0.1) is 0 Å². The van der Waals surface area contributed by atoms with Crippen LogP contribution in [0.5, 0.6) is 0 Å². The quantitative estimate of drug-likeness (QED) is 0.624. The van der Waals surface area contributed by atoms with E-state index in [1.807, 2.05) is 0 Å². The molecule has 2 saturated carbocycles. The highest BCUT2D eigenvalue weighted by atomic mass is 16.5. The van der Waals surface area contributed by atoms with Crippen molar-refractivity contribution in [3.8, 4) is 0 Å². The molecule has 2 aliphatic carbocycles. The lowest BCUT2D eigenvalue weighted by Crippen LogP contribution is -2.36. The zero-order valence-corrected chi connectivity index (χ0v) is 12.6. The summed E-state index contributed by atoms with van der Waals surface area (Å²) in [7, 11) is 0. The summed E-state index contributed by atoms with van der Waals surface area (Å²) in [6.07, 6.45) is 10.2. The SMILES string of the molecule is O=C(NCCNC1CCCCCC1)c1cc(C2CC2)on1. The Balaban J connectivity index is 1.35. The third kappa shape index (κ3) is 4.30. The first-order valence-electron chi connectivity index (χ1n) is 8.31. The van der Waals surface area contributed by atoms with Crippen LogP contribution in [0.1, 0.15) is 73.5 Å². The molecule has 3 rings (SSSR count). The van der Waals surface area contributed by atoms with E-state index >= 15 is 0 Å². The molecule has 1 amide bonds. The van der Waals surface area contributed by atoms with Crippen LogP contribution in [0, 0.1) is 0 Å². The Morgan fingerprint density at radius 1 is 1.14 bits per heavy atom. The molecule has 0 aliphatic heterocycles. The number of carbonyl (C=O) groups excluding carboxylic acids is 1. The van der Waals surface area contributed by atoms with E-state index in [-0.39, 0.29) is 5.91 Å². The number of rotatable bonds is 6. The van der Waals surface area contributed by atoms with Gasteiger partial charge < -0.3 is 15.2 Å². The first-order valence-corrected chi connectivity index (χ1v) is 8.31. The lowest BCUT2D eigenvalue weighted by atomic mass is 10.1. The number of aromatic nitrogens is 1. The van der Waals surface area contributed by atoms with Crippen molar-refractivity contribution >= 4 is 5.91 Å². The highest BCUT2D eigenvalue weighted by molar-refractivity contribution is 5.92. The predicted molar refractivity (Wildman–Crippen MR) is 80.3 cm³/mol. The summed E-state index contributed by atoms with van der Waals surface area (Å²) in [6.45, 7) is 1.46. The summed E-state index contributed by atoms with van der Waals surface area (Å²) < 4.78 is 5.20. The van der Waals surface area contributed by atoms with E-state index in [2.05, 4.69) is 15.8 Å². The Morgan fingerprint density at radius 3 is 2.62 bits per heavy atom. The standard InChI is InChI=1S/C16H25N3O2/c20-16(14-11-15(21-19-14)12-7-8-12)18-10-9-17-13-5-3-1-2-4-6-13/h11-13,17H,1-10H2,(H,18,20). The second-order valence-electron chi connectivity index (χ2n) is 6.29. The number of nitrogens with one attached hydrogen (secondary N) is 2. The molecule has 0 aromatic carbocycles. The van der Waals surface area contributed by atoms with E-state index in [9.17, 15) is 4.79 Å². The molecule has 0 unspecified atom stereocenters. The molecule has 2 fully saturated rings. The maximum atomic E-state index is 11.9. The maximum absolute atomic E-state index is 11.9. The van der Waals surface area contributed by atoms with Crippen molar-refractivity contribution < 1.29 is 9.32 Å². The molecule has 2 N–H and O–H groups in total. The van der Waals surface area contributed by atoms with Crippen LogP contribution in [0.3, 0.4) is 0 Å². The van der Waals surface area contributed by atoms with Crippen molar-refractivity contribution in [3.05, 3.63) is 17.5 Å². The smallest absolute Gasteiger partial charge is 0.273 e. The van der Waals surface area contributed by atoms with E-state index in [0.717, 1.165) is 25.1 Å². The molecule has 0 bridgehead atoms. The van der Waals surface area contributed by atoms with Gasteiger partial charge in [0.1, 0.15) is 5.76 Å². The Hall–Kier alpha value is -1.36. The summed E-state index contributed by atoms with van der Waals surface area (Å²) in [5.74, 6) is 1.22. The van der Waals surface area contributed by atoms with Crippen LogP contribution >= 0.6 is 0 Å². The first-order chi connectivity index (χ1) is 10.3. The second kappa shape index (κ2) is 7.07. The fourth-order valence-corrected chi connectivity index (χ4v) is 2.98. The molecular formula is C16H25N3O2. The highest BCUT2D eigenvalue weighted by Crippen LogP contribution is 2.40. The number of amides is 1. The average molecular weight is 291 g/mol. The summed E-state index contributed by atoms with van der Waals surface area (Å²) in [5.41, 5.74) is 0.409. The summed E-state index contributed by atoms with van der Waals surface area (Å²) in [4.78, 5) is 11.9. The minimum absolute atomic E-state index is 0.131. The van der Waals surface area contributed by atoms with Crippen molar-refractivity contribution in [2.24, 2.45) is 0 Å². The Bertz CT molecular complexity index is 460. The molecule has 21 heavy (non-hydrogen) atoms. The molecule has 0 saturated heterocycles. The van der Waals surface area contributed by atoms with Crippen molar-refractivity contribution in [1.29, 1.82) is 0 Å². The van der Waals surface area contributed by atoms with Gasteiger partial charge in [0.25, 0.3) is 5.91 Å². The van der Waals surface area contributed by atoms with E-state index in [1.165, 1.54) is 38.5 Å². The molecule has 2 aliphatic rings. The van der Waals surface area contributed by atoms with Crippen LogP contribution in [-0.2, 0) is 0 Å². The van der Waals surface area contributed by atoms with E-state index in [1.54, 1.807) is 6.07 Å². The largest absolute Gasteiger partial charge is 0.360 e. The van der Waals surface area contributed by atoms with Gasteiger partial charge in [-0.05, 0) is 25.7 Å². The maximum Gasteiger partial charge on any atom is 0.273 e. The topological polar surface area (TPSA) is 67.2 Å². The van der Waals surface area contributed by atoms with Crippen molar-refractivity contribution in [1.82, 2.24) is 15.8 Å². The molecule has 0 radical (unpaired) electrons. The number of hydrogen-bond donors (Lipinski definition) is 2. The average Bonchev–Trinajstić information content (AvgIpc) is 3.28. The van der Waals surface area contributed by atoms with Crippen molar-refractivity contribution in [2.75, 3.05) is 13.1 Å². The van der Waals surface area contributed by atoms with Crippen molar-refractivity contribution in [2.45, 2.75) is 63.3 Å². The summed E-state index contributed by atoms with van der Waals surface area (Å²) in [5, 5.41) is 10.3. The van der Waals surface area contributed by atoms with Crippen molar-refractivity contribution in [3.63, 3.8) is 0 Å². The van der Waals surface area contributed by atoms with Gasteiger partial charge in [-0.25, -0.2) is 0 Å². The molecular weight excluding hydrogens is 266 g/mol. The van der Waals surface area contributed by atoms with Crippen LogP contribution in [0.25, 0.3) is 0 Å². The van der Waals surface area contributed by atoms with Crippen LogP contribution in [-0.4, -0.2) is 30.2 Å². The highest BCUT2D eigenvalue weighted by Gasteiger charge is 2.28. The molecule has 1 heterocycles. The molecule has 0 atom stereocenters. The van der Waals surface area contributed by atoms with Gasteiger partial charge in [-0.3, -0.25) is 4.79 Å². The van der Waals surface area contributed by atoms with Gasteiger partial charge in [0.15, 0.2) is 5.69 Å². The fraction of sp³-hybridized carbons (Fsp3) is 0.750. The van der Waals surface area contributed by atoms with Gasteiger partial charge >= 0.3 is 0 Å². The third-order valence-corrected chi connectivity index (χ3v) is 4.44. The minimum atomic E-state index is -0.131. The lowest BCUT2D eigenvalue weighted by Gasteiger charge is -2.16. The number of nitrogens with zero attached hydrogens (tertiary/aromatic N) is 1. The van der Waals surface area contributed by atoms with Gasteiger partial charge in [-0.1, -0.05) is 30.8 Å². The summed E-state index contributed by atoms with van der Waals surface area (Å²) >= 11 is 0. The Kier molecular flexibility index (Phi) is 4.91. The van der Waals surface area contributed by atoms with E-state index in [4.69, 9.17) is 4.52 Å². The molecule has 116 valence electrons. The molecule has 5 heteroatoms. The van der Waals surface area contributed by atoms with Crippen LogP contribution in [0.15, 0.2) is 10.6 Å². The Morgan fingerprint density at radius 2 is 1.90 bits per heavy atom. The third-order valence-electron chi connectivity index (χ3n) is 4.44. The normalized spacial score (nSPS) is 20.2. The van der Waals surface area contributed by atoms with E-state index in [0.29, 0.717) is 24.2 Å². The number of carbonyl (C=O) groups is 1. The van der Waals surface area contributed by atoms with Gasteiger partial charge in [-0.2, -0.15) is 0 Å². The van der Waals surface area contributed by atoms with Gasteiger partial charge in [0, 0.05) is 31.1 Å². The lowest BCUT2D eigenvalue weighted by molar-refractivity contribution is 0.0944. The van der Waals surface area contributed by atoms with E-state index < -0.39 is 0 Å². The van der Waals surface area contributed by atoms with Crippen LogP contribution in [0.4, 0.5) is 0 Å². The zero-order valence-electron chi connectivity index (χ0n) is 12.6. The second-order valence-corrected chi connectivity index (χ2v) is 6.29. The monoisotopic (exact) mass is 291 g/mol. The van der Waals surface area contributed by atoms with Gasteiger partial charge in [0.2, 0.25) is 0 Å². The Labute approximate surface area is 125 Å². The molecule has 1 aromatic heterocycles. The fourth-order valence-electron chi connectivity index (χ4n) is 2.98. The van der Waals surface area contributed by atoms with Crippen LogP contribution in [0.2, 0.25) is 0 Å². The van der Waals surface area contributed by atoms with Gasteiger partial charge in [0.05, 0.1) is 0 Å². The zero-order chi connectivity index (χ0) is 14.5. The van der Waals surface area contributed by atoms with Crippen LogP contribution < -0.4 is 10.6 Å². The molecule has 1 aromatic rings. The summed E-state index contributed by atoms with van der Waals surface area (Å²) in [6, 6.07) is 2.41. The minimum Gasteiger partial charge on any atom is -0.360 e. The number of hydrogen-bond acceptors (Lipinski definition) is 4.